The maximum atomic E-state index is 11.6. The molecule has 5 atom stereocenters. The van der Waals surface area contributed by atoms with Crippen molar-refractivity contribution < 1.29 is 43.0 Å². The zero-order valence-corrected chi connectivity index (χ0v) is 16.2. The van der Waals surface area contributed by atoms with Gasteiger partial charge >= 0.3 is 17.9 Å². The van der Waals surface area contributed by atoms with E-state index in [0.717, 1.165) is 13.8 Å². The Labute approximate surface area is 166 Å². The molecule has 0 spiro atoms. The SMILES string of the molecule is CC(=O)O[C@H]1[C@H](OC(C)=O)[C@@H](Oc2ccc([N+](=O)[O-])cc2)O[C@@H](C)[C@H]1OC(C)=O. The molecule has 2 rings (SSSR count). The molecule has 1 heterocycles. The predicted molar refractivity (Wildman–Crippen MR) is 94.7 cm³/mol. The van der Waals surface area contributed by atoms with Crippen molar-refractivity contribution >= 4 is 23.6 Å². The third-order valence-corrected chi connectivity index (χ3v) is 3.93. The van der Waals surface area contributed by atoms with Gasteiger partial charge < -0.3 is 23.7 Å². The lowest BCUT2D eigenvalue weighted by atomic mass is 9.99. The van der Waals surface area contributed by atoms with Gasteiger partial charge in [-0.3, -0.25) is 24.5 Å². The highest BCUT2D eigenvalue weighted by Crippen LogP contribution is 2.30. The van der Waals surface area contributed by atoms with Crippen molar-refractivity contribution in [3.05, 3.63) is 34.4 Å². The molecule has 1 aromatic carbocycles. The number of carbonyl (C=O) groups is 3. The number of nitro groups is 1. The van der Waals surface area contributed by atoms with Gasteiger partial charge in [-0.2, -0.15) is 0 Å². The molecule has 0 radical (unpaired) electrons. The Morgan fingerprint density at radius 3 is 1.86 bits per heavy atom. The highest BCUT2D eigenvalue weighted by Gasteiger charge is 2.51. The topological polar surface area (TPSA) is 140 Å². The summed E-state index contributed by atoms with van der Waals surface area (Å²) in [5.41, 5.74) is -0.139. The van der Waals surface area contributed by atoms with Gasteiger partial charge in [-0.05, 0) is 19.1 Å². The van der Waals surface area contributed by atoms with E-state index < -0.39 is 53.5 Å². The van der Waals surface area contributed by atoms with Gasteiger partial charge in [0.2, 0.25) is 12.4 Å². The summed E-state index contributed by atoms with van der Waals surface area (Å²) in [6, 6.07) is 5.15. The molecule has 0 N–H and O–H groups in total. The van der Waals surface area contributed by atoms with Gasteiger partial charge in [0, 0.05) is 32.9 Å². The van der Waals surface area contributed by atoms with Crippen LogP contribution in [0.25, 0.3) is 0 Å². The Morgan fingerprint density at radius 2 is 1.38 bits per heavy atom. The second-order valence-electron chi connectivity index (χ2n) is 6.30. The van der Waals surface area contributed by atoms with E-state index in [4.69, 9.17) is 23.7 Å². The van der Waals surface area contributed by atoms with Gasteiger partial charge in [0.15, 0.2) is 12.2 Å². The number of benzene rings is 1. The predicted octanol–water partition coefficient (Wildman–Crippen LogP) is 1.51. The van der Waals surface area contributed by atoms with Crippen molar-refractivity contribution in [1.82, 2.24) is 0 Å². The maximum Gasteiger partial charge on any atom is 0.303 e. The van der Waals surface area contributed by atoms with Gasteiger partial charge in [0.25, 0.3) is 5.69 Å². The average molecular weight is 411 g/mol. The lowest BCUT2D eigenvalue weighted by molar-refractivity contribution is -0.384. The highest BCUT2D eigenvalue weighted by atomic mass is 16.7. The molecule has 11 nitrogen and oxygen atoms in total. The van der Waals surface area contributed by atoms with Crippen LogP contribution in [0.2, 0.25) is 0 Å². The summed E-state index contributed by atoms with van der Waals surface area (Å²) < 4.78 is 27.1. The van der Waals surface area contributed by atoms with Crippen LogP contribution in [0.15, 0.2) is 24.3 Å². The number of hydrogen-bond acceptors (Lipinski definition) is 10. The first kappa shape index (κ1) is 22.1. The Kier molecular flexibility index (Phi) is 7.10. The fourth-order valence-corrected chi connectivity index (χ4v) is 2.85. The number of non-ortho nitro benzene ring substituents is 1. The lowest BCUT2D eigenvalue weighted by Gasteiger charge is -2.43. The largest absolute Gasteiger partial charge is 0.461 e. The number of ether oxygens (including phenoxy) is 5. The quantitative estimate of drug-likeness (QED) is 0.293. The molecule has 1 fully saturated rings. The van der Waals surface area contributed by atoms with Gasteiger partial charge in [-0.15, -0.1) is 0 Å². The van der Waals surface area contributed by atoms with E-state index in [9.17, 15) is 24.5 Å². The molecule has 0 aromatic heterocycles. The van der Waals surface area contributed by atoms with Crippen LogP contribution in [0, 0.1) is 10.1 Å². The fourth-order valence-electron chi connectivity index (χ4n) is 2.85. The normalized spacial score (nSPS) is 26.1. The van der Waals surface area contributed by atoms with Crippen molar-refractivity contribution in [1.29, 1.82) is 0 Å². The molecule has 0 amide bonds. The number of hydrogen-bond donors (Lipinski definition) is 0. The molecule has 11 heteroatoms. The van der Waals surface area contributed by atoms with Crippen LogP contribution in [0.3, 0.4) is 0 Å². The number of rotatable bonds is 6. The minimum absolute atomic E-state index is 0.139. The zero-order valence-electron chi connectivity index (χ0n) is 16.2. The van der Waals surface area contributed by atoms with Crippen molar-refractivity contribution in [2.24, 2.45) is 0 Å². The van der Waals surface area contributed by atoms with Crippen LogP contribution in [-0.2, 0) is 33.3 Å². The Hall–Kier alpha value is -3.21. The molecular weight excluding hydrogens is 390 g/mol. The first-order chi connectivity index (χ1) is 13.6. The van der Waals surface area contributed by atoms with Crippen molar-refractivity contribution in [3.63, 3.8) is 0 Å². The van der Waals surface area contributed by atoms with Crippen molar-refractivity contribution in [3.8, 4) is 5.75 Å². The molecule has 0 saturated carbocycles. The summed E-state index contributed by atoms with van der Waals surface area (Å²) in [4.78, 5) is 44.9. The second kappa shape index (κ2) is 9.32. The van der Waals surface area contributed by atoms with Crippen molar-refractivity contribution in [2.45, 2.75) is 58.4 Å². The standard InChI is InChI=1S/C18H21NO10/c1-9-15(26-10(2)20)16(27-11(3)21)17(28-12(4)22)18(25-9)29-14-7-5-13(6-8-14)19(23)24/h5-9,15-18H,1-4H3/t9-,15+,16+,17-,18+/m0/s1. The molecule has 1 aliphatic heterocycles. The van der Waals surface area contributed by atoms with Crippen LogP contribution < -0.4 is 4.74 Å². The fraction of sp³-hybridized carbons (Fsp3) is 0.500. The monoisotopic (exact) mass is 411 g/mol. The van der Waals surface area contributed by atoms with Crippen LogP contribution >= 0.6 is 0 Å². The molecule has 158 valence electrons. The van der Waals surface area contributed by atoms with Gasteiger partial charge in [-0.1, -0.05) is 0 Å². The molecule has 1 aliphatic rings. The minimum Gasteiger partial charge on any atom is -0.461 e. The molecule has 1 aromatic rings. The lowest BCUT2D eigenvalue weighted by Crippen LogP contribution is -2.62. The van der Waals surface area contributed by atoms with Crippen LogP contribution in [0.4, 0.5) is 5.69 Å². The van der Waals surface area contributed by atoms with Gasteiger partial charge in [-0.25, -0.2) is 0 Å². The molecule has 29 heavy (non-hydrogen) atoms. The van der Waals surface area contributed by atoms with E-state index in [0.29, 0.717) is 0 Å². The third-order valence-electron chi connectivity index (χ3n) is 3.93. The highest BCUT2D eigenvalue weighted by molar-refractivity contribution is 5.68. The first-order valence-electron chi connectivity index (χ1n) is 8.66. The maximum absolute atomic E-state index is 11.6. The molecule has 0 bridgehead atoms. The molecule has 0 aliphatic carbocycles. The summed E-state index contributed by atoms with van der Waals surface area (Å²) >= 11 is 0. The summed E-state index contributed by atoms with van der Waals surface area (Å²) in [7, 11) is 0. The summed E-state index contributed by atoms with van der Waals surface area (Å²) in [5, 5.41) is 10.8. The Morgan fingerprint density at radius 1 is 0.897 bits per heavy atom. The van der Waals surface area contributed by atoms with E-state index in [1.165, 1.54) is 31.2 Å². The van der Waals surface area contributed by atoms with Crippen molar-refractivity contribution in [2.75, 3.05) is 0 Å². The second-order valence-corrected chi connectivity index (χ2v) is 6.30. The summed E-state index contributed by atoms with van der Waals surface area (Å²) in [5.74, 6) is -1.84. The molecule has 1 saturated heterocycles. The zero-order chi connectivity index (χ0) is 21.7. The third kappa shape index (κ3) is 5.88. The van der Waals surface area contributed by atoms with Gasteiger partial charge in [0.05, 0.1) is 11.0 Å². The summed E-state index contributed by atoms with van der Waals surface area (Å²) in [6.45, 7) is 5.05. The molecular formula is C18H21NO10. The number of esters is 3. The smallest absolute Gasteiger partial charge is 0.303 e. The first-order valence-corrected chi connectivity index (χ1v) is 8.66. The van der Waals surface area contributed by atoms with E-state index in [1.807, 2.05) is 0 Å². The number of nitrogens with zero attached hydrogens (tertiary/aromatic N) is 1. The Bertz CT molecular complexity index is 777. The van der Waals surface area contributed by atoms with Crippen LogP contribution in [-0.4, -0.2) is 53.5 Å². The summed E-state index contributed by atoms with van der Waals surface area (Å²) in [6.07, 6.45) is -5.50. The molecule has 0 unspecified atom stereocenters. The number of nitro benzene ring substituents is 1. The minimum atomic E-state index is -1.26. The number of carbonyl (C=O) groups excluding carboxylic acids is 3. The van der Waals surface area contributed by atoms with Gasteiger partial charge in [0.1, 0.15) is 5.75 Å². The average Bonchev–Trinajstić information content (AvgIpc) is 2.61. The van der Waals surface area contributed by atoms with Crippen LogP contribution in [0.5, 0.6) is 5.75 Å². The van der Waals surface area contributed by atoms with E-state index in [1.54, 1.807) is 6.92 Å². The van der Waals surface area contributed by atoms with E-state index in [2.05, 4.69) is 0 Å². The van der Waals surface area contributed by atoms with Crippen LogP contribution in [0.1, 0.15) is 27.7 Å². The Balaban J connectivity index is 2.33. The van der Waals surface area contributed by atoms with E-state index in [-0.39, 0.29) is 11.4 Å². The van der Waals surface area contributed by atoms with E-state index >= 15 is 0 Å².